The second kappa shape index (κ2) is 14.6. The number of allylic oxidation sites excluding steroid dienone is 1. The molecule has 0 saturated carbocycles. The van der Waals surface area contributed by atoms with E-state index >= 15 is 0 Å². The van der Waals surface area contributed by atoms with Crippen molar-refractivity contribution in [3.8, 4) is 11.6 Å². The molecule has 46 heavy (non-hydrogen) atoms. The number of amides is 2. The van der Waals surface area contributed by atoms with Crippen molar-refractivity contribution in [2.45, 2.75) is 30.8 Å². The third-order valence-electron chi connectivity index (χ3n) is 6.91. The van der Waals surface area contributed by atoms with Crippen LogP contribution < -0.4 is 26.0 Å². The molecule has 0 aliphatic carbocycles. The SMILES string of the molecule is CP(C)c1ccc(N/C(=C\C(=N)C(C)(C)C)NC(=O)Nc2ccc(Oc3ccnc(Sc4ccccc4)n3)c3ccccc23)cc1. The lowest BCUT2D eigenvalue weighted by Crippen LogP contribution is -2.32. The lowest BCUT2D eigenvalue weighted by atomic mass is 9.90. The van der Waals surface area contributed by atoms with Crippen LogP contribution in [0.15, 0.2) is 125 Å². The van der Waals surface area contributed by atoms with Gasteiger partial charge in [-0.05, 0) is 66.8 Å². The molecule has 4 aromatic carbocycles. The number of anilines is 2. The van der Waals surface area contributed by atoms with Crippen LogP contribution in [0.5, 0.6) is 11.6 Å². The highest BCUT2D eigenvalue weighted by Crippen LogP contribution is 2.35. The first-order chi connectivity index (χ1) is 22.0. The summed E-state index contributed by atoms with van der Waals surface area (Å²) in [6, 6.07) is 30.7. The number of hydrogen-bond donors (Lipinski definition) is 4. The molecular formula is C36H37N6O2PS. The minimum absolute atomic E-state index is 0.216. The monoisotopic (exact) mass is 648 g/mol. The van der Waals surface area contributed by atoms with Gasteiger partial charge in [-0.25, -0.2) is 9.78 Å². The van der Waals surface area contributed by atoms with E-state index in [-0.39, 0.29) is 7.92 Å². The van der Waals surface area contributed by atoms with E-state index in [2.05, 4.69) is 51.4 Å². The van der Waals surface area contributed by atoms with E-state index in [0.29, 0.717) is 34.0 Å². The summed E-state index contributed by atoms with van der Waals surface area (Å²) in [5, 5.41) is 21.2. The van der Waals surface area contributed by atoms with E-state index in [1.165, 1.54) is 17.1 Å². The van der Waals surface area contributed by atoms with Crippen LogP contribution in [-0.4, -0.2) is 35.0 Å². The number of ether oxygens (including phenoxy) is 1. The highest BCUT2D eigenvalue weighted by atomic mass is 32.2. The molecule has 8 nitrogen and oxygen atoms in total. The van der Waals surface area contributed by atoms with Crippen LogP contribution in [0.2, 0.25) is 0 Å². The van der Waals surface area contributed by atoms with E-state index in [0.717, 1.165) is 21.4 Å². The lowest BCUT2D eigenvalue weighted by Gasteiger charge is -2.20. The van der Waals surface area contributed by atoms with Gasteiger partial charge in [-0.2, -0.15) is 4.98 Å². The predicted molar refractivity (Wildman–Crippen MR) is 193 cm³/mol. The average molecular weight is 649 g/mol. The Morgan fingerprint density at radius 3 is 2.26 bits per heavy atom. The summed E-state index contributed by atoms with van der Waals surface area (Å²) in [6.45, 7) is 10.3. The summed E-state index contributed by atoms with van der Waals surface area (Å²) >= 11 is 1.46. The van der Waals surface area contributed by atoms with E-state index in [1.54, 1.807) is 24.4 Å². The Bertz CT molecular complexity index is 1870. The number of carbonyl (C=O) groups is 1. The molecule has 2 amide bonds. The number of carbonyl (C=O) groups excluding carboxylic acids is 1. The van der Waals surface area contributed by atoms with Crippen molar-refractivity contribution in [3.05, 3.63) is 115 Å². The summed E-state index contributed by atoms with van der Waals surface area (Å²) < 4.78 is 6.23. The standard InChI is InChI=1S/C36H37N6O2PS/c1-36(2,3)31(37)23-32(39-24-15-17-25(18-16-24)45(4)5)41-34(43)40-29-19-20-30(28-14-10-9-13-27(28)29)44-33-21-22-38-35(42-33)46-26-11-7-6-8-12-26/h6-23,37,39H,1-5H3,(H2,40,41,43)/b32-23+,37-31?. The van der Waals surface area contributed by atoms with Crippen LogP contribution in [-0.2, 0) is 0 Å². The fraction of sp³-hybridized carbons (Fsp3) is 0.167. The largest absolute Gasteiger partial charge is 0.438 e. The molecule has 1 aromatic heterocycles. The van der Waals surface area contributed by atoms with Crippen molar-refractivity contribution in [2.24, 2.45) is 5.41 Å². The van der Waals surface area contributed by atoms with Gasteiger partial charge in [0.25, 0.3) is 0 Å². The lowest BCUT2D eigenvalue weighted by molar-refractivity contribution is 0.254. The van der Waals surface area contributed by atoms with Crippen molar-refractivity contribution in [1.29, 1.82) is 5.41 Å². The number of nitrogens with zero attached hydrogens (tertiary/aromatic N) is 2. The van der Waals surface area contributed by atoms with Gasteiger partial charge in [0.15, 0.2) is 5.16 Å². The Hall–Kier alpha value is -4.72. The number of urea groups is 1. The van der Waals surface area contributed by atoms with E-state index in [9.17, 15) is 4.79 Å². The van der Waals surface area contributed by atoms with Crippen molar-refractivity contribution in [1.82, 2.24) is 15.3 Å². The fourth-order valence-electron chi connectivity index (χ4n) is 4.35. The van der Waals surface area contributed by atoms with Crippen LogP contribution >= 0.6 is 19.7 Å². The van der Waals surface area contributed by atoms with Gasteiger partial charge in [0, 0.05) is 50.8 Å². The normalized spacial score (nSPS) is 11.7. The molecule has 1 heterocycles. The van der Waals surface area contributed by atoms with Crippen LogP contribution in [0.25, 0.3) is 10.8 Å². The fourth-order valence-corrected chi connectivity index (χ4v) is 5.84. The first kappa shape index (κ1) is 32.7. The molecule has 0 aliphatic heterocycles. The zero-order valence-electron chi connectivity index (χ0n) is 26.5. The minimum atomic E-state index is -0.445. The molecule has 5 rings (SSSR count). The van der Waals surface area contributed by atoms with Gasteiger partial charge in [0.05, 0.1) is 5.69 Å². The van der Waals surface area contributed by atoms with E-state index in [1.807, 2.05) is 93.6 Å². The molecule has 0 atom stereocenters. The maximum Gasteiger partial charge on any atom is 0.324 e. The highest BCUT2D eigenvalue weighted by molar-refractivity contribution is 7.99. The molecule has 0 fully saturated rings. The number of fused-ring (bicyclic) bond motifs is 1. The summed E-state index contributed by atoms with van der Waals surface area (Å²) in [5.41, 5.74) is 1.40. The first-order valence-electron chi connectivity index (χ1n) is 14.7. The Labute approximate surface area is 275 Å². The molecule has 0 spiro atoms. The third kappa shape index (κ3) is 8.71. The molecule has 5 aromatic rings. The third-order valence-corrected chi connectivity index (χ3v) is 9.13. The van der Waals surface area contributed by atoms with Gasteiger partial charge in [0.2, 0.25) is 5.88 Å². The summed E-state index contributed by atoms with van der Waals surface area (Å²) in [7, 11) is -0.216. The number of rotatable bonds is 10. The quantitative estimate of drug-likeness (QED) is 0.0683. The molecule has 4 N–H and O–H groups in total. The van der Waals surface area contributed by atoms with Gasteiger partial charge in [-0.3, -0.25) is 5.32 Å². The topological polar surface area (TPSA) is 112 Å². The molecule has 0 radical (unpaired) electrons. The van der Waals surface area contributed by atoms with Gasteiger partial charge in [0.1, 0.15) is 11.6 Å². The van der Waals surface area contributed by atoms with Crippen LogP contribution in [0.1, 0.15) is 20.8 Å². The molecular weight excluding hydrogens is 611 g/mol. The highest BCUT2D eigenvalue weighted by Gasteiger charge is 2.18. The van der Waals surface area contributed by atoms with Gasteiger partial charge >= 0.3 is 6.03 Å². The minimum Gasteiger partial charge on any atom is -0.438 e. The van der Waals surface area contributed by atoms with Crippen molar-refractivity contribution in [2.75, 3.05) is 24.0 Å². The van der Waals surface area contributed by atoms with Gasteiger partial charge < -0.3 is 20.8 Å². The number of aromatic nitrogens is 2. The average Bonchev–Trinajstić information content (AvgIpc) is 3.02. The number of nitrogens with one attached hydrogen (secondary N) is 4. The molecule has 0 bridgehead atoms. The van der Waals surface area contributed by atoms with E-state index < -0.39 is 11.4 Å². The van der Waals surface area contributed by atoms with Crippen molar-refractivity contribution < 1.29 is 9.53 Å². The number of benzene rings is 4. The summed E-state index contributed by atoms with van der Waals surface area (Å²) in [6.07, 6.45) is 3.33. The van der Waals surface area contributed by atoms with Gasteiger partial charge in [-0.1, -0.05) is 83.3 Å². The molecule has 0 aliphatic rings. The van der Waals surface area contributed by atoms with Crippen LogP contribution in [0.4, 0.5) is 16.2 Å². The summed E-state index contributed by atoms with van der Waals surface area (Å²) in [4.78, 5) is 23.4. The Kier molecular flexibility index (Phi) is 10.4. The van der Waals surface area contributed by atoms with Crippen LogP contribution in [0.3, 0.4) is 0 Å². The molecule has 0 saturated heterocycles. The van der Waals surface area contributed by atoms with Crippen LogP contribution in [0, 0.1) is 10.8 Å². The van der Waals surface area contributed by atoms with Gasteiger partial charge in [-0.15, -0.1) is 0 Å². The molecule has 234 valence electrons. The number of hydrogen-bond acceptors (Lipinski definition) is 7. The summed E-state index contributed by atoms with van der Waals surface area (Å²) in [5.74, 6) is 1.42. The first-order valence-corrected chi connectivity index (χ1v) is 17.8. The maximum atomic E-state index is 13.4. The smallest absolute Gasteiger partial charge is 0.324 e. The maximum absolute atomic E-state index is 13.4. The van der Waals surface area contributed by atoms with Crippen molar-refractivity contribution in [3.63, 3.8) is 0 Å². The Morgan fingerprint density at radius 1 is 0.870 bits per heavy atom. The zero-order valence-corrected chi connectivity index (χ0v) is 28.2. The molecule has 0 unspecified atom stereocenters. The second-order valence-corrected chi connectivity index (χ2v) is 15.1. The van der Waals surface area contributed by atoms with Crippen molar-refractivity contribution >= 4 is 58.9 Å². The van der Waals surface area contributed by atoms with E-state index in [4.69, 9.17) is 10.1 Å². The molecule has 10 heteroatoms. The Morgan fingerprint density at radius 2 is 1.57 bits per heavy atom. The zero-order chi connectivity index (χ0) is 32.7. The Balaban J connectivity index is 1.34. The predicted octanol–water partition coefficient (Wildman–Crippen LogP) is 9.08. The second-order valence-electron chi connectivity index (χ2n) is 11.7.